The largest absolute Gasteiger partial charge is 0.464 e. The van der Waals surface area contributed by atoms with Gasteiger partial charge in [0.05, 0.1) is 6.61 Å². The lowest BCUT2D eigenvalue weighted by molar-refractivity contribution is -0.149. The number of carbonyl (C=O) groups excluding carboxylic acids is 1. The van der Waals surface area contributed by atoms with Crippen molar-refractivity contribution in [3.63, 3.8) is 0 Å². The first-order valence-electron chi connectivity index (χ1n) is 5.10. The normalized spacial score (nSPS) is 12.6. The molecular weight excluding hydrogens is 209 g/mol. The minimum atomic E-state index is -1.73. The maximum atomic E-state index is 13.8. The Kier molecular flexibility index (Phi) is 2.90. The number of aromatic amines is 1. The Bertz CT molecular complexity index is 506. The van der Waals surface area contributed by atoms with Crippen molar-refractivity contribution in [1.29, 1.82) is 0 Å². The van der Waals surface area contributed by atoms with Crippen LogP contribution in [0.5, 0.6) is 0 Å². The summed E-state index contributed by atoms with van der Waals surface area (Å²) in [4.78, 5) is 14.2. The lowest BCUT2D eigenvalue weighted by Gasteiger charge is -2.06. The minimum absolute atomic E-state index is 0.182. The molecule has 1 aromatic carbocycles. The summed E-state index contributed by atoms with van der Waals surface area (Å²) in [7, 11) is 0. The van der Waals surface area contributed by atoms with E-state index in [0.717, 1.165) is 5.52 Å². The number of esters is 1. The van der Waals surface area contributed by atoms with Gasteiger partial charge >= 0.3 is 5.97 Å². The molecule has 0 aliphatic carbocycles. The van der Waals surface area contributed by atoms with Crippen molar-refractivity contribution in [3.8, 4) is 0 Å². The second-order valence-electron chi connectivity index (χ2n) is 3.40. The second kappa shape index (κ2) is 4.35. The van der Waals surface area contributed by atoms with Gasteiger partial charge in [0, 0.05) is 22.7 Å². The SMILES string of the molecule is CCOC(=O)C(F)c1c[nH]c2ccccc12. The fraction of sp³-hybridized carbons (Fsp3) is 0.250. The summed E-state index contributed by atoms with van der Waals surface area (Å²) in [6, 6.07) is 7.25. The van der Waals surface area contributed by atoms with Gasteiger partial charge in [-0.2, -0.15) is 0 Å². The monoisotopic (exact) mass is 221 g/mol. The highest BCUT2D eigenvalue weighted by molar-refractivity contribution is 5.89. The highest BCUT2D eigenvalue weighted by atomic mass is 19.1. The van der Waals surface area contributed by atoms with Gasteiger partial charge in [0.1, 0.15) is 0 Å². The summed E-state index contributed by atoms with van der Waals surface area (Å²) in [6.07, 6.45) is -0.220. The zero-order chi connectivity index (χ0) is 11.5. The highest BCUT2D eigenvalue weighted by Crippen LogP contribution is 2.27. The van der Waals surface area contributed by atoms with Crippen LogP contribution < -0.4 is 0 Å². The van der Waals surface area contributed by atoms with Gasteiger partial charge < -0.3 is 9.72 Å². The Balaban J connectivity index is 2.36. The van der Waals surface area contributed by atoms with E-state index in [4.69, 9.17) is 0 Å². The van der Waals surface area contributed by atoms with E-state index in [0.29, 0.717) is 10.9 Å². The molecule has 0 aliphatic heterocycles. The summed E-state index contributed by atoms with van der Waals surface area (Å²) in [5.74, 6) is -0.841. The van der Waals surface area contributed by atoms with Crippen LogP contribution in [0.4, 0.5) is 4.39 Å². The minimum Gasteiger partial charge on any atom is -0.464 e. The molecule has 1 N–H and O–H groups in total. The van der Waals surface area contributed by atoms with E-state index in [1.165, 1.54) is 6.20 Å². The molecule has 1 heterocycles. The third-order valence-electron chi connectivity index (χ3n) is 2.39. The van der Waals surface area contributed by atoms with E-state index in [-0.39, 0.29) is 6.61 Å². The van der Waals surface area contributed by atoms with Gasteiger partial charge in [0.15, 0.2) is 0 Å². The molecule has 2 rings (SSSR count). The Morgan fingerprint density at radius 2 is 2.25 bits per heavy atom. The van der Waals surface area contributed by atoms with Gasteiger partial charge in [-0.25, -0.2) is 9.18 Å². The number of halogens is 1. The summed E-state index contributed by atoms with van der Waals surface area (Å²) >= 11 is 0. The third kappa shape index (κ3) is 1.78. The molecule has 1 aromatic heterocycles. The van der Waals surface area contributed by atoms with Crippen LogP contribution in [0.2, 0.25) is 0 Å². The van der Waals surface area contributed by atoms with Crippen LogP contribution in [0.1, 0.15) is 18.7 Å². The molecule has 16 heavy (non-hydrogen) atoms. The lowest BCUT2D eigenvalue weighted by atomic mass is 10.1. The molecule has 0 amide bonds. The molecule has 0 bridgehead atoms. The molecule has 1 atom stereocenters. The molecule has 0 fully saturated rings. The first kappa shape index (κ1) is 10.7. The van der Waals surface area contributed by atoms with Crippen molar-refractivity contribution in [2.45, 2.75) is 13.1 Å². The summed E-state index contributed by atoms with van der Waals surface area (Å²) in [6.45, 7) is 1.83. The number of ether oxygens (including phenoxy) is 1. The average Bonchev–Trinajstić information content (AvgIpc) is 2.72. The molecule has 4 heteroatoms. The Hall–Kier alpha value is -1.84. The standard InChI is InChI=1S/C12H12FNO2/c1-2-16-12(15)11(13)9-7-14-10-6-4-3-5-8(9)10/h3-7,11,14H,2H2,1H3. The van der Waals surface area contributed by atoms with Gasteiger partial charge in [0.2, 0.25) is 6.17 Å². The maximum Gasteiger partial charge on any atom is 0.345 e. The molecule has 3 nitrogen and oxygen atoms in total. The fourth-order valence-electron chi connectivity index (χ4n) is 1.65. The van der Waals surface area contributed by atoms with E-state index in [1.807, 2.05) is 12.1 Å². The smallest absolute Gasteiger partial charge is 0.345 e. The predicted octanol–water partition coefficient (Wildman–Crippen LogP) is 2.74. The molecule has 84 valence electrons. The van der Waals surface area contributed by atoms with E-state index < -0.39 is 12.1 Å². The zero-order valence-electron chi connectivity index (χ0n) is 8.87. The number of H-pyrrole nitrogens is 1. The molecular formula is C12H12FNO2. The number of benzene rings is 1. The number of carbonyl (C=O) groups is 1. The quantitative estimate of drug-likeness (QED) is 0.810. The topological polar surface area (TPSA) is 42.1 Å². The predicted molar refractivity (Wildman–Crippen MR) is 58.8 cm³/mol. The number of alkyl halides is 1. The van der Waals surface area contributed by atoms with Crippen molar-refractivity contribution in [3.05, 3.63) is 36.0 Å². The first-order valence-corrected chi connectivity index (χ1v) is 5.10. The number of nitrogens with one attached hydrogen (secondary N) is 1. The second-order valence-corrected chi connectivity index (χ2v) is 3.40. The van der Waals surface area contributed by atoms with Crippen LogP contribution in [-0.4, -0.2) is 17.6 Å². The number of aromatic nitrogens is 1. The van der Waals surface area contributed by atoms with Gasteiger partial charge in [-0.15, -0.1) is 0 Å². The Labute approximate surface area is 92.2 Å². The highest BCUT2D eigenvalue weighted by Gasteiger charge is 2.23. The van der Waals surface area contributed by atoms with Gasteiger partial charge in [-0.05, 0) is 13.0 Å². The van der Waals surface area contributed by atoms with Crippen LogP contribution in [-0.2, 0) is 9.53 Å². The van der Waals surface area contributed by atoms with Gasteiger partial charge in [-0.1, -0.05) is 18.2 Å². The van der Waals surface area contributed by atoms with E-state index >= 15 is 0 Å². The number of fused-ring (bicyclic) bond motifs is 1. The van der Waals surface area contributed by atoms with Gasteiger partial charge in [0.25, 0.3) is 0 Å². The van der Waals surface area contributed by atoms with Crippen molar-refractivity contribution < 1.29 is 13.9 Å². The zero-order valence-corrected chi connectivity index (χ0v) is 8.87. The number of hydrogen-bond donors (Lipinski definition) is 1. The van der Waals surface area contributed by atoms with Crippen molar-refractivity contribution >= 4 is 16.9 Å². The summed E-state index contributed by atoms with van der Waals surface area (Å²) in [5, 5.41) is 0.711. The van der Waals surface area contributed by atoms with Gasteiger partial charge in [-0.3, -0.25) is 0 Å². The molecule has 0 saturated carbocycles. The van der Waals surface area contributed by atoms with Crippen LogP contribution in [0, 0.1) is 0 Å². The summed E-state index contributed by atoms with van der Waals surface area (Å²) in [5.41, 5.74) is 1.14. The van der Waals surface area contributed by atoms with E-state index in [2.05, 4.69) is 9.72 Å². The number of rotatable bonds is 3. The van der Waals surface area contributed by atoms with Crippen molar-refractivity contribution in [2.24, 2.45) is 0 Å². The Morgan fingerprint density at radius 1 is 1.50 bits per heavy atom. The summed E-state index contributed by atoms with van der Waals surface area (Å²) < 4.78 is 18.4. The van der Waals surface area contributed by atoms with Crippen LogP contribution in [0.25, 0.3) is 10.9 Å². The molecule has 0 radical (unpaired) electrons. The average molecular weight is 221 g/mol. The number of para-hydroxylation sites is 1. The molecule has 1 unspecified atom stereocenters. The molecule has 2 aromatic rings. The van der Waals surface area contributed by atoms with Crippen molar-refractivity contribution in [2.75, 3.05) is 6.61 Å². The third-order valence-corrected chi connectivity index (χ3v) is 2.39. The first-order chi connectivity index (χ1) is 7.74. The lowest BCUT2D eigenvalue weighted by Crippen LogP contribution is -2.11. The molecule has 0 aliphatic rings. The maximum absolute atomic E-state index is 13.8. The molecule has 0 saturated heterocycles. The number of hydrogen-bond acceptors (Lipinski definition) is 2. The van der Waals surface area contributed by atoms with Crippen molar-refractivity contribution in [1.82, 2.24) is 4.98 Å². The van der Waals surface area contributed by atoms with Crippen LogP contribution >= 0.6 is 0 Å². The van der Waals surface area contributed by atoms with E-state index in [1.54, 1.807) is 19.1 Å². The van der Waals surface area contributed by atoms with Crippen LogP contribution in [0.3, 0.4) is 0 Å². The fourth-order valence-corrected chi connectivity index (χ4v) is 1.65. The Morgan fingerprint density at radius 3 is 3.00 bits per heavy atom. The van der Waals surface area contributed by atoms with Crippen LogP contribution in [0.15, 0.2) is 30.5 Å². The van der Waals surface area contributed by atoms with E-state index in [9.17, 15) is 9.18 Å². The molecule has 0 spiro atoms.